The predicted molar refractivity (Wildman–Crippen MR) is 54.2 cm³/mol. The van der Waals surface area contributed by atoms with E-state index < -0.39 is 0 Å². The van der Waals surface area contributed by atoms with Crippen molar-refractivity contribution in [2.45, 2.75) is 11.8 Å². The average Bonchev–Trinajstić information content (AvgIpc) is 2.18. The number of hydrogen-bond acceptors (Lipinski definition) is 3. The largest absolute Gasteiger partial charge is 0.462 e. The van der Waals surface area contributed by atoms with Gasteiger partial charge in [0.2, 0.25) is 0 Å². The highest BCUT2D eigenvalue weighted by atomic mass is 32.2. The van der Waals surface area contributed by atoms with E-state index in [9.17, 15) is 4.79 Å². The van der Waals surface area contributed by atoms with Gasteiger partial charge in [-0.1, -0.05) is 12.1 Å². The van der Waals surface area contributed by atoms with Crippen molar-refractivity contribution in [3.05, 3.63) is 29.8 Å². The fourth-order valence-electron chi connectivity index (χ4n) is 1.02. The third-order valence-electron chi connectivity index (χ3n) is 1.60. The Balaban J connectivity index is 2.92. The van der Waals surface area contributed by atoms with E-state index in [0.29, 0.717) is 12.2 Å². The van der Waals surface area contributed by atoms with Crippen LogP contribution in [-0.4, -0.2) is 18.8 Å². The lowest BCUT2D eigenvalue weighted by Crippen LogP contribution is -2.05. The van der Waals surface area contributed by atoms with Gasteiger partial charge in [0.05, 0.1) is 12.2 Å². The van der Waals surface area contributed by atoms with Crippen LogP contribution in [0.15, 0.2) is 29.2 Å². The molecule has 70 valence electrons. The first-order valence-electron chi connectivity index (χ1n) is 4.09. The van der Waals surface area contributed by atoms with Crippen LogP contribution in [0.3, 0.4) is 0 Å². The van der Waals surface area contributed by atoms with Crippen LogP contribution in [0, 0.1) is 0 Å². The Hall–Kier alpha value is -0.960. The van der Waals surface area contributed by atoms with E-state index in [-0.39, 0.29) is 5.97 Å². The van der Waals surface area contributed by atoms with Crippen molar-refractivity contribution >= 4 is 17.7 Å². The van der Waals surface area contributed by atoms with E-state index in [0.717, 1.165) is 4.90 Å². The molecular formula is C10H12O2S. The lowest BCUT2D eigenvalue weighted by atomic mass is 10.2. The van der Waals surface area contributed by atoms with Gasteiger partial charge in [0.1, 0.15) is 0 Å². The summed E-state index contributed by atoms with van der Waals surface area (Å²) in [6.07, 6.45) is 1.94. The van der Waals surface area contributed by atoms with Gasteiger partial charge in [-0.15, -0.1) is 11.8 Å². The average molecular weight is 196 g/mol. The second-order valence-corrected chi connectivity index (χ2v) is 3.27. The molecule has 0 radical (unpaired) electrons. The molecule has 0 saturated heterocycles. The van der Waals surface area contributed by atoms with Crippen LogP contribution in [-0.2, 0) is 4.74 Å². The maximum absolute atomic E-state index is 11.4. The first kappa shape index (κ1) is 10.1. The summed E-state index contributed by atoms with van der Waals surface area (Å²) in [6, 6.07) is 7.45. The van der Waals surface area contributed by atoms with Crippen LogP contribution in [0.25, 0.3) is 0 Å². The van der Waals surface area contributed by atoms with Crippen molar-refractivity contribution in [1.82, 2.24) is 0 Å². The molecular weight excluding hydrogens is 184 g/mol. The Labute approximate surface area is 82.3 Å². The molecule has 0 aliphatic rings. The first-order chi connectivity index (χ1) is 6.29. The highest BCUT2D eigenvalue weighted by Crippen LogP contribution is 2.20. The fourth-order valence-corrected chi connectivity index (χ4v) is 1.61. The molecule has 0 N–H and O–H groups in total. The van der Waals surface area contributed by atoms with Crippen LogP contribution in [0.5, 0.6) is 0 Å². The Morgan fingerprint density at radius 2 is 2.15 bits per heavy atom. The van der Waals surface area contributed by atoms with Gasteiger partial charge in [0.15, 0.2) is 0 Å². The number of benzene rings is 1. The Morgan fingerprint density at radius 3 is 2.77 bits per heavy atom. The van der Waals surface area contributed by atoms with Gasteiger partial charge in [0.25, 0.3) is 0 Å². The summed E-state index contributed by atoms with van der Waals surface area (Å²) in [5.74, 6) is -0.243. The minimum absolute atomic E-state index is 0.243. The zero-order chi connectivity index (χ0) is 9.68. The normalized spacial score (nSPS) is 9.69. The lowest BCUT2D eigenvalue weighted by Gasteiger charge is -2.05. The molecule has 1 aromatic rings. The van der Waals surface area contributed by atoms with Crippen molar-refractivity contribution in [2.75, 3.05) is 12.9 Å². The van der Waals surface area contributed by atoms with Gasteiger partial charge >= 0.3 is 5.97 Å². The molecule has 1 aromatic carbocycles. The van der Waals surface area contributed by atoms with Crippen molar-refractivity contribution in [3.63, 3.8) is 0 Å². The molecule has 2 nitrogen and oxygen atoms in total. The van der Waals surface area contributed by atoms with Crippen molar-refractivity contribution < 1.29 is 9.53 Å². The zero-order valence-corrected chi connectivity index (χ0v) is 8.56. The zero-order valence-electron chi connectivity index (χ0n) is 7.74. The van der Waals surface area contributed by atoms with Crippen molar-refractivity contribution in [1.29, 1.82) is 0 Å². The third kappa shape index (κ3) is 2.49. The van der Waals surface area contributed by atoms with Gasteiger partial charge in [0, 0.05) is 4.90 Å². The monoisotopic (exact) mass is 196 g/mol. The molecule has 0 fully saturated rings. The summed E-state index contributed by atoms with van der Waals surface area (Å²) >= 11 is 1.55. The van der Waals surface area contributed by atoms with Crippen molar-refractivity contribution in [2.24, 2.45) is 0 Å². The maximum atomic E-state index is 11.4. The van der Waals surface area contributed by atoms with E-state index in [1.54, 1.807) is 24.8 Å². The first-order valence-corrected chi connectivity index (χ1v) is 5.32. The Morgan fingerprint density at radius 1 is 1.46 bits per heavy atom. The minimum Gasteiger partial charge on any atom is -0.462 e. The topological polar surface area (TPSA) is 26.3 Å². The number of hydrogen-bond donors (Lipinski definition) is 0. The second-order valence-electron chi connectivity index (χ2n) is 2.42. The Kier molecular flexibility index (Phi) is 3.83. The molecule has 0 bridgehead atoms. The van der Waals surface area contributed by atoms with E-state index in [2.05, 4.69) is 0 Å². The number of thioether (sulfide) groups is 1. The number of carbonyl (C=O) groups is 1. The molecule has 0 aliphatic heterocycles. The molecule has 0 amide bonds. The summed E-state index contributed by atoms with van der Waals surface area (Å²) in [7, 11) is 0. The molecule has 0 unspecified atom stereocenters. The number of carbonyl (C=O) groups excluding carboxylic acids is 1. The number of esters is 1. The lowest BCUT2D eigenvalue weighted by molar-refractivity contribution is 0.0522. The summed E-state index contributed by atoms with van der Waals surface area (Å²) in [5, 5.41) is 0. The molecule has 13 heavy (non-hydrogen) atoms. The quantitative estimate of drug-likeness (QED) is 0.549. The molecule has 0 aromatic heterocycles. The fraction of sp³-hybridized carbons (Fsp3) is 0.300. The van der Waals surface area contributed by atoms with E-state index >= 15 is 0 Å². The molecule has 0 spiro atoms. The van der Waals surface area contributed by atoms with Gasteiger partial charge in [-0.3, -0.25) is 0 Å². The standard InChI is InChI=1S/C10H12O2S/c1-3-12-10(11)8-6-4-5-7-9(8)13-2/h4-7H,3H2,1-2H3. The van der Waals surface area contributed by atoms with Crippen molar-refractivity contribution in [3.8, 4) is 0 Å². The second kappa shape index (κ2) is 4.92. The van der Waals surface area contributed by atoms with Gasteiger partial charge in [-0.25, -0.2) is 4.79 Å². The van der Waals surface area contributed by atoms with Gasteiger partial charge in [-0.05, 0) is 25.3 Å². The summed E-state index contributed by atoms with van der Waals surface area (Å²) < 4.78 is 4.92. The molecule has 0 atom stereocenters. The summed E-state index contributed by atoms with van der Waals surface area (Å²) in [4.78, 5) is 12.3. The van der Waals surface area contributed by atoms with Crippen LogP contribution in [0.1, 0.15) is 17.3 Å². The maximum Gasteiger partial charge on any atom is 0.339 e. The Bertz CT molecular complexity index is 297. The number of rotatable bonds is 3. The van der Waals surface area contributed by atoms with Crippen LogP contribution >= 0.6 is 11.8 Å². The summed E-state index contributed by atoms with van der Waals surface area (Å²) in [5.41, 5.74) is 0.650. The molecule has 3 heteroatoms. The van der Waals surface area contributed by atoms with Gasteiger partial charge in [-0.2, -0.15) is 0 Å². The van der Waals surface area contributed by atoms with E-state index in [1.165, 1.54) is 0 Å². The van der Waals surface area contributed by atoms with Crippen LogP contribution in [0.2, 0.25) is 0 Å². The molecule has 0 saturated carbocycles. The smallest absolute Gasteiger partial charge is 0.339 e. The van der Waals surface area contributed by atoms with Gasteiger partial charge < -0.3 is 4.74 Å². The van der Waals surface area contributed by atoms with Crippen LogP contribution in [0.4, 0.5) is 0 Å². The summed E-state index contributed by atoms with van der Waals surface area (Å²) in [6.45, 7) is 2.22. The molecule has 0 heterocycles. The number of ether oxygens (including phenoxy) is 1. The third-order valence-corrected chi connectivity index (χ3v) is 2.40. The minimum atomic E-state index is -0.243. The van der Waals surface area contributed by atoms with E-state index in [4.69, 9.17) is 4.74 Å². The highest BCUT2D eigenvalue weighted by molar-refractivity contribution is 7.98. The predicted octanol–water partition coefficient (Wildman–Crippen LogP) is 2.59. The SMILES string of the molecule is CCOC(=O)c1ccccc1SC. The molecule has 1 rings (SSSR count). The highest BCUT2D eigenvalue weighted by Gasteiger charge is 2.09. The molecule has 0 aliphatic carbocycles. The van der Waals surface area contributed by atoms with Crippen LogP contribution < -0.4 is 0 Å². The van der Waals surface area contributed by atoms with E-state index in [1.807, 2.05) is 24.5 Å².